The fraction of sp³-hybridized carbons (Fsp3) is 0.333. The molecule has 0 unspecified atom stereocenters. The van der Waals surface area contributed by atoms with Crippen molar-refractivity contribution >= 4 is 39.0 Å². The first-order valence-electron chi connectivity index (χ1n) is 6.70. The number of aryl methyl sites for hydroxylation is 1. The van der Waals surface area contributed by atoms with Gasteiger partial charge in [-0.3, -0.25) is 4.79 Å². The van der Waals surface area contributed by atoms with Crippen molar-refractivity contribution in [3.8, 4) is 0 Å². The molecule has 2 heterocycles. The molecule has 0 radical (unpaired) electrons. The highest BCUT2D eigenvalue weighted by atomic mass is 79.9. The first-order chi connectivity index (χ1) is 10.0. The zero-order valence-corrected chi connectivity index (χ0v) is 14.7. The number of hydrogen-bond acceptors (Lipinski definition) is 4. The standard InChI is InChI=1S/C15H18BrN3OS/c1-4-12-5-10(6-14(17-2)18-12)15(20)19(3)8-13-7-11(16)9-21-13/h5-7,9H,4,8H2,1-3H3,(H,17,18). The number of hydrogen-bond donors (Lipinski definition) is 1. The van der Waals surface area contributed by atoms with E-state index < -0.39 is 0 Å². The summed E-state index contributed by atoms with van der Waals surface area (Å²) in [7, 11) is 3.63. The molecule has 1 N–H and O–H groups in total. The van der Waals surface area contributed by atoms with Gasteiger partial charge in [-0.15, -0.1) is 11.3 Å². The molecule has 0 spiro atoms. The molecule has 0 aliphatic heterocycles. The molecular formula is C15H18BrN3OS. The van der Waals surface area contributed by atoms with Gasteiger partial charge in [0.2, 0.25) is 0 Å². The van der Waals surface area contributed by atoms with E-state index in [4.69, 9.17) is 0 Å². The summed E-state index contributed by atoms with van der Waals surface area (Å²) in [5.74, 6) is 0.734. The van der Waals surface area contributed by atoms with Crippen LogP contribution < -0.4 is 5.32 Å². The van der Waals surface area contributed by atoms with Gasteiger partial charge in [0.15, 0.2) is 0 Å². The Labute approximate surface area is 137 Å². The summed E-state index contributed by atoms with van der Waals surface area (Å²) in [6.45, 7) is 2.64. The topological polar surface area (TPSA) is 45.2 Å². The van der Waals surface area contributed by atoms with Crippen molar-refractivity contribution in [1.82, 2.24) is 9.88 Å². The average Bonchev–Trinajstić information content (AvgIpc) is 2.90. The molecule has 0 saturated carbocycles. The molecular weight excluding hydrogens is 350 g/mol. The summed E-state index contributed by atoms with van der Waals surface area (Å²) in [6.07, 6.45) is 0.803. The lowest BCUT2D eigenvalue weighted by molar-refractivity contribution is 0.0786. The molecule has 0 aromatic carbocycles. The van der Waals surface area contributed by atoms with Crippen molar-refractivity contribution in [2.75, 3.05) is 19.4 Å². The minimum atomic E-state index is 0.00752. The number of aromatic nitrogens is 1. The van der Waals surface area contributed by atoms with Gasteiger partial charge < -0.3 is 10.2 Å². The summed E-state index contributed by atoms with van der Waals surface area (Å²) in [5.41, 5.74) is 1.58. The number of carbonyl (C=O) groups is 1. The molecule has 0 saturated heterocycles. The molecule has 0 aliphatic rings. The van der Waals surface area contributed by atoms with Crippen LogP contribution in [-0.2, 0) is 13.0 Å². The van der Waals surface area contributed by atoms with Crippen molar-refractivity contribution < 1.29 is 4.79 Å². The molecule has 0 atom stereocenters. The zero-order valence-electron chi connectivity index (χ0n) is 12.3. The number of pyridine rings is 1. The van der Waals surface area contributed by atoms with Gasteiger partial charge in [-0.1, -0.05) is 6.92 Å². The lowest BCUT2D eigenvalue weighted by Gasteiger charge is -2.17. The van der Waals surface area contributed by atoms with E-state index in [0.29, 0.717) is 12.1 Å². The van der Waals surface area contributed by atoms with Gasteiger partial charge in [0, 0.05) is 40.1 Å². The van der Waals surface area contributed by atoms with E-state index in [1.165, 1.54) is 0 Å². The van der Waals surface area contributed by atoms with Crippen LogP contribution in [0.1, 0.15) is 27.9 Å². The summed E-state index contributed by atoms with van der Waals surface area (Å²) < 4.78 is 1.05. The number of halogens is 1. The van der Waals surface area contributed by atoms with Crippen molar-refractivity contribution in [2.45, 2.75) is 19.9 Å². The number of carbonyl (C=O) groups excluding carboxylic acids is 1. The molecule has 2 rings (SSSR count). The average molecular weight is 368 g/mol. The normalized spacial score (nSPS) is 10.5. The van der Waals surface area contributed by atoms with Crippen LogP contribution in [-0.4, -0.2) is 29.9 Å². The summed E-state index contributed by atoms with van der Waals surface area (Å²) in [5, 5.41) is 5.03. The molecule has 6 heteroatoms. The van der Waals surface area contributed by atoms with Crippen LogP contribution in [0, 0.1) is 0 Å². The summed E-state index contributed by atoms with van der Waals surface area (Å²) in [4.78, 5) is 19.8. The Balaban J connectivity index is 2.18. The SMILES string of the molecule is CCc1cc(C(=O)N(C)Cc2cc(Br)cs2)cc(NC)n1. The van der Waals surface area contributed by atoms with Crippen molar-refractivity contribution in [2.24, 2.45) is 0 Å². The van der Waals surface area contributed by atoms with E-state index in [9.17, 15) is 4.79 Å². The van der Waals surface area contributed by atoms with Crippen LogP contribution >= 0.6 is 27.3 Å². The molecule has 4 nitrogen and oxygen atoms in total. The Kier molecular flexibility index (Phi) is 5.36. The maximum absolute atomic E-state index is 12.6. The van der Waals surface area contributed by atoms with Crippen LogP contribution in [0.4, 0.5) is 5.82 Å². The van der Waals surface area contributed by atoms with Crippen LogP contribution in [0.25, 0.3) is 0 Å². The molecule has 0 aliphatic carbocycles. The second-order valence-electron chi connectivity index (χ2n) is 4.73. The van der Waals surface area contributed by atoms with E-state index in [0.717, 1.165) is 27.3 Å². The Bertz CT molecular complexity index is 619. The molecule has 0 bridgehead atoms. The lowest BCUT2D eigenvalue weighted by atomic mass is 10.1. The summed E-state index contributed by atoms with van der Waals surface area (Å²) >= 11 is 5.07. The smallest absolute Gasteiger partial charge is 0.254 e. The largest absolute Gasteiger partial charge is 0.373 e. The predicted molar refractivity (Wildman–Crippen MR) is 91.0 cm³/mol. The number of rotatable bonds is 5. The van der Waals surface area contributed by atoms with Gasteiger partial charge in [-0.25, -0.2) is 4.98 Å². The Morgan fingerprint density at radius 1 is 1.43 bits per heavy atom. The number of anilines is 1. The van der Waals surface area contributed by atoms with E-state index >= 15 is 0 Å². The maximum atomic E-state index is 12.6. The highest BCUT2D eigenvalue weighted by Gasteiger charge is 2.15. The maximum Gasteiger partial charge on any atom is 0.254 e. The molecule has 1 amide bonds. The van der Waals surface area contributed by atoms with Gasteiger partial charge in [0.1, 0.15) is 5.82 Å². The lowest BCUT2D eigenvalue weighted by Crippen LogP contribution is -2.26. The first-order valence-corrected chi connectivity index (χ1v) is 8.37. The fourth-order valence-electron chi connectivity index (χ4n) is 1.98. The summed E-state index contributed by atoms with van der Waals surface area (Å²) in [6, 6.07) is 5.70. The van der Waals surface area contributed by atoms with Gasteiger partial charge >= 0.3 is 0 Å². The van der Waals surface area contributed by atoms with Crippen LogP contribution in [0.5, 0.6) is 0 Å². The van der Waals surface area contributed by atoms with Gasteiger partial charge in [-0.2, -0.15) is 0 Å². The highest BCUT2D eigenvalue weighted by Crippen LogP contribution is 2.21. The number of thiophene rings is 1. The second-order valence-corrected chi connectivity index (χ2v) is 6.64. The third-order valence-electron chi connectivity index (χ3n) is 3.11. The molecule has 2 aromatic rings. The van der Waals surface area contributed by atoms with E-state index in [1.54, 1.807) is 22.3 Å². The number of amides is 1. The third-order valence-corrected chi connectivity index (χ3v) is 4.79. The second kappa shape index (κ2) is 7.04. The molecule has 21 heavy (non-hydrogen) atoms. The Morgan fingerprint density at radius 3 is 2.76 bits per heavy atom. The van der Waals surface area contributed by atoms with E-state index in [-0.39, 0.29) is 5.91 Å². The third kappa shape index (κ3) is 4.04. The van der Waals surface area contributed by atoms with Crippen LogP contribution in [0.15, 0.2) is 28.1 Å². The first kappa shape index (κ1) is 16.0. The minimum absolute atomic E-state index is 0.00752. The minimum Gasteiger partial charge on any atom is -0.373 e. The quantitative estimate of drug-likeness (QED) is 0.874. The zero-order chi connectivity index (χ0) is 15.4. The van der Waals surface area contributed by atoms with Crippen LogP contribution in [0.3, 0.4) is 0 Å². The van der Waals surface area contributed by atoms with E-state index in [1.807, 2.05) is 38.5 Å². The Hall–Kier alpha value is -1.40. The van der Waals surface area contributed by atoms with Gasteiger partial charge in [0.25, 0.3) is 5.91 Å². The van der Waals surface area contributed by atoms with Crippen molar-refractivity contribution in [3.63, 3.8) is 0 Å². The number of nitrogens with one attached hydrogen (secondary N) is 1. The van der Waals surface area contributed by atoms with Crippen molar-refractivity contribution in [3.05, 3.63) is 44.2 Å². The predicted octanol–water partition coefficient (Wildman–Crippen LogP) is 3.78. The van der Waals surface area contributed by atoms with Crippen molar-refractivity contribution in [1.29, 1.82) is 0 Å². The van der Waals surface area contributed by atoms with Gasteiger partial charge in [-0.05, 0) is 40.5 Å². The molecule has 0 fully saturated rings. The molecule has 112 valence electrons. The van der Waals surface area contributed by atoms with Gasteiger partial charge in [0.05, 0.1) is 6.54 Å². The molecule has 2 aromatic heterocycles. The number of nitrogens with zero attached hydrogens (tertiary/aromatic N) is 2. The Morgan fingerprint density at radius 2 is 2.19 bits per heavy atom. The van der Waals surface area contributed by atoms with Crippen LogP contribution in [0.2, 0.25) is 0 Å². The van der Waals surface area contributed by atoms with E-state index in [2.05, 4.69) is 26.2 Å². The fourth-order valence-corrected chi connectivity index (χ4v) is 3.49. The monoisotopic (exact) mass is 367 g/mol. The highest BCUT2D eigenvalue weighted by molar-refractivity contribution is 9.10.